The second kappa shape index (κ2) is 6.54. The van der Waals surface area contributed by atoms with Crippen molar-refractivity contribution >= 4 is 0 Å². The summed E-state index contributed by atoms with van der Waals surface area (Å²) in [6.07, 6.45) is 6.18. The molecule has 0 aliphatic carbocycles. The third kappa shape index (κ3) is 3.87. The quantitative estimate of drug-likeness (QED) is 0.695. The number of hydrogen-bond donors (Lipinski definition) is 2. The van der Waals surface area contributed by atoms with Crippen LogP contribution in [0, 0.1) is 0 Å². The summed E-state index contributed by atoms with van der Waals surface area (Å²) in [6.45, 7) is 5.43. The van der Waals surface area contributed by atoms with Gasteiger partial charge in [-0.25, -0.2) is 4.98 Å². The van der Waals surface area contributed by atoms with Gasteiger partial charge in [0.2, 0.25) is 0 Å². The summed E-state index contributed by atoms with van der Waals surface area (Å²) < 4.78 is 0. The van der Waals surface area contributed by atoms with Crippen LogP contribution in [0.25, 0.3) is 0 Å². The van der Waals surface area contributed by atoms with E-state index in [4.69, 9.17) is 0 Å². The predicted molar refractivity (Wildman–Crippen MR) is 57.1 cm³/mol. The van der Waals surface area contributed by atoms with Gasteiger partial charge in [0.15, 0.2) is 0 Å². The second-order valence-corrected chi connectivity index (χ2v) is 3.53. The van der Waals surface area contributed by atoms with E-state index in [1.807, 2.05) is 0 Å². The zero-order valence-corrected chi connectivity index (χ0v) is 9.08. The highest BCUT2D eigenvalue weighted by Crippen LogP contribution is 2.00. The average Bonchev–Trinajstić information content (AvgIpc) is 2.69. The molecule has 2 N–H and O–H groups in total. The van der Waals surface area contributed by atoms with Gasteiger partial charge in [-0.1, -0.05) is 20.3 Å². The van der Waals surface area contributed by atoms with E-state index in [-0.39, 0.29) is 0 Å². The third-order valence-electron chi connectivity index (χ3n) is 2.39. The molecule has 80 valence electrons. The maximum atomic E-state index is 4.08. The first-order valence-electron chi connectivity index (χ1n) is 5.44. The van der Waals surface area contributed by atoms with E-state index in [0.29, 0.717) is 6.04 Å². The zero-order chi connectivity index (χ0) is 10.2. The lowest BCUT2D eigenvalue weighted by molar-refractivity contribution is 0.464. The molecule has 0 saturated carbocycles. The molecule has 0 bridgehead atoms. The van der Waals surface area contributed by atoms with Crippen molar-refractivity contribution in [2.75, 3.05) is 6.54 Å². The molecule has 1 unspecified atom stereocenters. The largest absolute Gasteiger partial charge is 0.314 e. The average molecular weight is 196 g/mol. The Morgan fingerprint density at radius 3 is 2.93 bits per heavy atom. The molecule has 4 nitrogen and oxygen atoms in total. The Morgan fingerprint density at radius 2 is 2.36 bits per heavy atom. The molecule has 0 saturated heterocycles. The molecule has 0 radical (unpaired) electrons. The zero-order valence-electron chi connectivity index (χ0n) is 9.08. The number of hydrogen-bond acceptors (Lipinski definition) is 3. The Hall–Kier alpha value is -0.900. The van der Waals surface area contributed by atoms with Crippen molar-refractivity contribution in [3.8, 4) is 0 Å². The molecular formula is C10H20N4. The maximum Gasteiger partial charge on any atom is 0.137 e. The first kappa shape index (κ1) is 11.2. The fourth-order valence-corrected chi connectivity index (χ4v) is 1.54. The van der Waals surface area contributed by atoms with E-state index in [0.717, 1.165) is 18.8 Å². The molecule has 1 heterocycles. The van der Waals surface area contributed by atoms with Crippen LogP contribution in [0.2, 0.25) is 0 Å². The molecule has 0 aliphatic rings. The molecular weight excluding hydrogens is 176 g/mol. The van der Waals surface area contributed by atoms with Gasteiger partial charge in [-0.3, -0.25) is 5.10 Å². The fraction of sp³-hybridized carbons (Fsp3) is 0.800. The Balaban J connectivity index is 2.13. The van der Waals surface area contributed by atoms with Gasteiger partial charge < -0.3 is 5.32 Å². The van der Waals surface area contributed by atoms with Gasteiger partial charge in [-0.15, -0.1) is 0 Å². The molecule has 0 spiro atoms. The minimum absolute atomic E-state index is 0.655. The van der Waals surface area contributed by atoms with Gasteiger partial charge in [0, 0.05) is 19.0 Å². The lowest BCUT2D eigenvalue weighted by atomic mass is 10.1. The predicted octanol–water partition coefficient (Wildman–Crippen LogP) is 1.52. The molecule has 0 fully saturated rings. The minimum atomic E-state index is 0.655. The van der Waals surface area contributed by atoms with Crippen molar-refractivity contribution in [1.29, 1.82) is 0 Å². The smallest absolute Gasteiger partial charge is 0.137 e. The van der Waals surface area contributed by atoms with Crippen LogP contribution in [0.15, 0.2) is 6.33 Å². The van der Waals surface area contributed by atoms with Gasteiger partial charge in [0.05, 0.1) is 0 Å². The van der Waals surface area contributed by atoms with Crippen LogP contribution in [-0.4, -0.2) is 27.8 Å². The molecule has 1 aromatic rings. The van der Waals surface area contributed by atoms with Crippen molar-refractivity contribution in [1.82, 2.24) is 20.5 Å². The summed E-state index contributed by atoms with van der Waals surface area (Å²) in [5.74, 6) is 0.962. The monoisotopic (exact) mass is 196 g/mol. The molecule has 0 aliphatic heterocycles. The Bertz CT molecular complexity index is 220. The number of aromatic amines is 1. The lowest BCUT2D eigenvalue weighted by Crippen LogP contribution is -2.30. The van der Waals surface area contributed by atoms with Gasteiger partial charge in [0.25, 0.3) is 0 Å². The third-order valence-corrected chi connectivity index (χ3v) is 2.39. The molecule has 1 rings (SSSR count). The summed E-state index contributed by atoms with van der Waals surface area (Å²) in [5.41, 5.74) is 0. The number of H-pyrrole nitrogens is 1. The molecule has 4 heteroatoms. The van der Waals surface area contributed by atoms with Crippen molar-refractivity contribution in [2.24, 2.45) is 0 Å². The van der Waals surface area contributed by atoms with Crippen molar-refractivity contribution < 1.29 is 0 Å². The van der Waals surface area contributed by atoms with Gasteiger partial charge in [-0.2, -0.15) is 5.10 Å². The van der Waals surface area contributed by atoms with Crippen molar-refractivity contribution in [2.45, 2.75) is 45.6 Å². The van der Waals surface area contributed by atoms with E-state index in [1.54, 1.807) is 6.33 Å². The van der Waals surface area contributed by atoms with Crippen LogP contribution >= 0.6 is 0 Å². The van der Waals surface area contributed by atoms with Gasteiger partial charge in [-0.05, 0) is 12.8 Å². The van der Waals surface area contributed by atoms with E-state index >= 15 is 0 Å². The van der Waals surface area contributed by atoms with Gasteiger partial charge in [0.1, 0.15) is 12.2 Å². The second-order valence-electron chi connectivity index (χ2n) is 3.53. The van der Waals surface area contributed by atoms with E-state index in [1.165, 1.54) is 19.3 Å². The van der Waals surface area contributed by atoms with Gasteiger partial charge >= 0.3 is 0 Å². The van der Waals surface area contributed by atoms with Crippen LogP contribution in [0.4, 0.5) is 0 Å². The summed E-state index contributed by atoms with van der Waals surface area (Å²) >= 11 is 0. The summed E-state index contributed by atoms with van der Waals surface area (Å²) in [7, 11) is 0. The van der Waals surface area contributed by atoms with Crippen LogP contribution in [-0.2, 0) is 6.42 Å². The standard InChI is InChI=1S/C10H20N4/c1-3-5-9(4-2)11-7-6-10-12-8-13-14-10/h8-9,11H,3-7H2,1-2H3,(H,12,13,14). The van der Waals surface area contributed by atoms with E-state index in [9.17, 15) is 0 Å². The number of nitrogens with zero attached hydrogens (tertiary/aromatic N) is 2. The van der Waals surface area contributed by atoms with Crippen LogP contribution in [0.5, 0.6) is 0 Å². The highest BCUT2D eigenvalue weighted by molar-refractivity contribution is 4.81. The molecule has 0 amide bonds. The summed E-state index contributed by atoms with van der Waals surface area (Å²) in [6, 6.07) is 0.655. The van der Waals surface area contributed by atoms with Crippen LogP contribution in [0.3, 0.4) is 0 Å². The number of nitrogens with one attached hydrogen (secondary N) is 2. The normalized spacial score (nSPS) is 13.0. The Kier molecular flexibility index (Phi) is 5.22. The van der Waals surface area contributed by atoms with Crippen molar-refractivity contribution in [3.63, 3.8) is 0 Å². The van der Waals surface area contributed by atoms with Crippen LogP contribution < -0.4 is 5.32 Å². The number of rotatable bonds is 7. The molecule has 14 heavy (non-hydrogen) atoms. The highest BCUT2D eigenvalue weighted by atomic mass is 15.2. The number of aromatic nitrogens is 3. The SMILES string of the molecule is CCCC(CC)NCCc1ncn[nH]1. The fourth-order valence-electron chi connectivity index (χ4n) is 1.54. The Morgan fingerprint density at radius 1 is 1.50 bits per heavy atom. The topological polar surface area (TPSA) is 53.6 Å². The summed E-state index contributed by atoms with van der Waals surface area (Å²) in [5, 5.41) is 10.2. The minimum Gasteiger partial charge on any atom is -0.314 e. The highest BCUT2D eigenvalue weighted by Gasteiger charge is 2.03. The van der Waals surface area contributed by atoms with E-state index < -0.39 is 0 Å². The molecule has 1 atom stereocenters. The maximum absolute atomic E-state index is 4.08. The van der Waals surface area contributed by atoms with E-state index in [2.05, 4.69) is 34.3 Å². The first-order valence-corrected chi connectivity index (χ1v) is 5.44. The molecule has 1 aromatic heterocycles. The Labute approximate surface area is 85.5 Å². The van der Waals surface area contributed by atoms with Crippen molar-refractivity contribution in [3.05, 3.63) is 12.2 Å². The molecule has 0 aromatic carbocycles. The summed E-state index contributed by atoms with van der Waals surface area (Å²) in [4.78, 5) is 4.08. The van der Waals surface area contributed by atoms with Crippen LogP contribution in [0.1, 0.15) is 38.9 Å². The lowest BCUT2D eigenvalue weighted by Gasteiger charge is -2.15. The first-order chi connectivity index (χ1) is 6.86.